The highest BCUT2D eigenvalue weighted by atomic mass is 35.5. The Morgan fingerprint density at radius 3 is 2.63 bits per heavy atom. The van der Waals surface area contributed by atoms with E-state index in [1.165, 1.54) is 12.4 Å². The fourth-order valence-electron chi connectivity index (χ4n) is 2.45. The van der Waals surface area contributed by atoms with Gasteiger partial charge in [0.1, 0.15) is 5.75 Å². The molecular weight excluding hydrogens is 364 g/mol. The number of amides is 1. The largest absolute Gasteiger partial charge is 0.497 e. The van der Waals surface area contributed by atoms with Crippen molar-refractivity contribution < 1.29 is 9.53 Å². The minimum Gasteiger partial charge on any atom is -0.497 e. The standard InChI is InChI=1S/C20H19ClN4O2/c1-27-18-7-2-4-14(10-18)8-9-22-20-23-12-15(13-24-20)19(26)25-17-6-3-5-16(21)11-17/h2-7,10-13H,8-9H2,1H3,(H,25,26)(H,22,23,24). The molecule has 0 fully saturated rings. The predicted octanol–water partition coefficient (Wildman–Crippen LogP) is 4.05. The molecule has 2 aromatic carbocycles. The van der Waals surface area contributed by atoms with Crippen molar-refractivity contribution in [3.05, 3.63) is 77.1 Å². The summed E-state index contributed by atoms with van der Waals surface area (Å²) in [5.41, 5.74) is 2.14. The van der Waals surface area contributed by atoms with Crippen molar-refractivity contribution in [2.75, 3.05) is 24.3 Å². The predicted molar refractivity (Wildman–Crippen MR) is 107 cm³/mol. The topological polar surface area (TPSA) is 76.1 Å². The van der Waals surface area contributed by atoms with Gasteiger partial charge in [-0.15, -0.1) is 0 Å². The minimum atomic E-state index is -0.291. The summed E-state index contributed by atoms with van der Waals surface area (Å²) in [6.45, 7) is 0.668. The maximum absolute atomic E-state index is 12.2. The molecule has 138 valence electrons. The average molecular weight is 383 g/mol. The number of hydrogen-bond donors (Lipinski definition) is 2. The zero-order valence-electron chi connectivity index (χ0n) is 14.8. The van der Waals surface area contributed by atoms with Crippen LogP contribution < -0.4 is 15.4 Å². The maximum Gasteiger partial charge on any atom is 0.258 e. The van der Waals surface area contributed by atoms with Crippen LogP contribution in [0.15, 0.2) is 60.9 Å². The van der Waals surface area contributed by atoms with E-state index in [4.69, 9.17) is 16.3 Å². The Morgan fingerprint density at radius 2 is 1.89 bits per heavy atom. The molecule has 0 spiro atoms. The molecule has 0 bridgehead atoms. The van der Waals surface area contributed by atoms with Gasteiger partial charge >= 0.3 is 0 Å². The second-order valence-corrected chi connectivity index (χ2v) is 6.22. The van der Waals surface area contributed by atoms with E-state index in [0.29, 0.717) is 28.8 Å². The van der Waals surface area contributed by atoms with E-state index in [1.807, 2.05) is 24.3 Å². The SMILES string of the molecule is COc1cccc(CCNc2ncc(C(=O)Nc3cccc(Cl)c3)cn2)c1. The molecule has 0 aliphatic rings. The summed E-state index contributed by atoms with van der Waals surface area (Å²) in [7, 11) is 1.65. The Kier molecular flexibility index (Phi) is 6.22. The first kappa shape index (κ1) is 18.7. The molecule has 0 aliphatic heterocycles. The summed E-state index contributed by atoms with van der Waals surface area (Å²) in [5.74, 6) is 1.01. The van der Waals surface area contributed by atoms with E-state index in [0.717, 1.165) is 17.7 Å². The Balaban J connectivity index is 1.53. The smallest absolute Gasteiger partial charge is 0.258 e. The molecule has 0 radical (unpaired) electrons. The van der Waals surface area contributed by atoms with Crippen LogP contribution in [-0.4, -0.2) is 29.5 Å². The second-order valence-electron chi connectivity index (χ2n) is 5.79. The monoisotopic (exact) mass is 382 g/mol. The molecule has 1 amide bonds. The van der Waals surface area contributed by atoms with Crippen molar-refractivity contribution in [3.8, 4) is 5.75 Å². The van der Waals surface area contributed by atoms with Crippen molar-refractivity contribution in [3.63, 3.8) is 0 Å². The number of rotatable bonds is 7. The van der Waals surface area contributed by atoms with Gasteiger partial charge in [-0.25, -0.2) is 9.97 Å². The summed E-state index contributed by atoms with van der Waals surface area (Å²) >= 11 is 5.91. The average Bonchev–Trinajstić information content (AvgIpc) is 2.69. The summed E-state index contributed by atoms with van der Waals surface area (Å²) in [6.07, 6.45) is 3.78. The molecule has 27 heavy (non-hydrogen) atoms. The van der Waals surface area contributed by atoms with Crippen LogP contribution >= 0.6 is 11.6 Å². The first-order chi connectivity index (χ1) is 13.1. The van der Waals surface area contributed by atoms with Gasteiger partial charge in [-0.2, -0.15) is 0 Å². The molecule has 0 atom stereocenters. The van der Waals surface area contributed by atoms with E-state index in [2.05, 4.69) is 20.6 Å². The van der Waals surface area contributed by atoms with Gasteiger partial charge in [-0.3, -0.25) is 4.79 Å². The van der Waals surface area contributed by atoms with E-state index in [-0.39, 0.29) is 5.91 Å². The number of nitrogens with one attached hydrogen (secondary N) is 2. The number of carbonyl (C=O) groups excluding carboxylic acids is 1. The Bertz CT molecular complexity index is 916. The molecule has 3 rings (SSSR count). The number of halogens is 1. The van der Waals surface area contributed by atoms with E-state index < -0.39 is 0 Å². The Morgan fingerprint density at radius 1 is 1.11 bits per heavy atom. The molecule has 3 aromatic rings. The van der Waals surface area contributed by atoms with Gasteiger partial charge in [0.05, 0.1) is 12.7 Å². The van der Waals surface area contributed by atoms with Crippen molar-refractivity contribution in [1.29, 1.82) is 0 Å². The number of methoxy groups -OCH3 is 1. The highest BCUT2D eigenvalue weighted by Crippen LogP contribution is 2.16. The van der Waals surface area contributed by atoms with Gasteiger partial charge < -0.3 is 15.4 Å². The molecule has 2 N–H and O–H groups in total. The van der Waals surface area contributed by atoms with E-state index in [9.17, 15) is 4.79 Å². The Hall–Kier alpha value is -3.12. The van der Waals surface area contributed by atoms with E-state index >= 15 is 0 Å². The van der Waals surface area contributed by atoms with Crippen LogP contribution in [0.3, 0.4) is 0 Å². The number of aromatic nitrogens is 2. The third-order valence-corrected chi connectivity index (χ3v) is 4.06. The first-order valence-electron chi connectivity index (χ1n) is 8.40. The van der Waals surface area contributed by atoms with Gasteiger partial charge in [0.25, 0.3) is 5.91 Å². The lowest BCUT2D eigenvalue weighted by Gasteiger charge is -2.08. The van der Waals surface area contributed by atoms with Gasteiger partial charge in [-0.1, -0.05) is 29.8 Å². The second kappa shape index (κ2) is 9.00. The zero-order valence-corrected chi connectivity index (χ0v) is 15.5. The molecule has 0 unspecified atom stereocenters. The van der Waals surface area contributed by atoms with Crippen molar-refractivity contribution >= 4 is 29.1 Å². The lowest BCUT2D eigenvalue weighted by molar-refractivity contribution is 0.102. The van der Waals surface area contributed by atoms with Crippen LogP contribution in [0.2, 0.25) is 5.02 Å². The quantitative estimate of drug-likeness (QED) is 0.644. The van der Waals surface area contributed by atoms with Crippen LogP contribution in [0.1, 0.15) is 15.9 Å². The zero-order chi connectivity index (χ0) is 19.1. The van der Waals surface area contributed by atoms with Crippen molar-refractivity contribution in [2.24, 2.45) is 0 Å². The van der Waals surface area contributed by atoms with Gasteiger partial charge in [0.15, 0.2) is 0 Å². The fraction of sp³-hybridized carbons (Fsp3) is 0.150. The summed E-state index contributed by atoms with van der Waals surface area (Å²) < 4.78 is 5.21. The number of hydrogen-bond acceptors (Lipinski definition) is 5. The van der Waals surface area contributed by atoms with Crippen molar-refractivity contribution in [2.45, 2.75) is 6.42 Å². The fourth-order valence-corrected chi connectivity index (χ4v) is 2.64. The number of ether oxygens (including phenoxy) is 1. The molecule has 0 saturated heterocycles. The van der Waals surface area contributed by atoms with Gasteiger partial charge in [-0.05, 0) is 42.3 Å². The molecule has 0 aliphatic carbocycles. The number of anilines is 2. The van der Waals surface area contributed by atoms with Gasteiger partial charge in [0.2, 0.25) is 5.95 Å². The molecular formula is C20H19ClN4O2. The lowest BCUT2D eigenvalue weighted by Crippen LogP contribution is -2.14. The number of nitrogens with zero attached hydrogens (tertiary/aromatic N) is 2. The maximum atomic E-state index is 12.2. The van der Waals surface area contributed by atoms with Crippen LogP contribution in [0.4, 0.5) is 11.6 Å². The highest BCUT2D eigenvalue weighted by molar-refractivity contribution is 6.30. The van der Waals surface area contributed by atoms with E-state index in [1.54, 1.807) is 31.4 Å². The molecule has 7 heteroatoms. The highest BCUT2D eigenvalue weighted by Gasteiger charge is 2.08. The lowest BCUT2D eigenvalue weighted by atomic mass is 10.1. The summed E-state index contributed by atoms with van der Waals surface area (Å²) in [4.78, 5) is 20.6. The third-order valence-electron chi connectivity index (χ3n) is 3.83. The minimum absolute atomic E-state index is 0.291. The normalized spacial score (nSPS) is 10.3. The molecule has 1 heterocycles. The van der Waals surface area contributed by atoms with Crippen LogP contribution in [0.25, 0.3) is 0 Å². The number of benzene rings is 2. The third kappa shape index (κ3) is 5.43. The van der Waals surface area contributed by atoms with Crippen LogP contribution in [0, 0.1) is 0 Å². The molecule has 6 nitrogen and oxygen atoms in total. The molecule has 1 aromatic heterocycles. The van der Waals surface area contributed by atoms with Gasteiger partial charge in [0, 0.05) is 29.6 Å². The van der Waals surface area contributed by atoms with Crippen LogP contribution in [0.5, 0.6) is 5.75 Å². The van der Waals surface area contributed by atoms with Crippen LogP contribution in [-0.2, 0) is 6.42 Å². The summed E-state index contributed by atoms with van der Waals surface area (Å²) in [5, 5.41) is 6.46. The molecule has 0 saturated carbocycles. The number of carbonyl (C=O) groups is 1. The Labute approximate surface area is 162 Å². The summed E-state index contributed by atoms with van der Waals surface area (Å²) in [6, 6.07) is 14.8. The first-order valence-corrected chi connectivity index (χ1v) is 8.77. The van der Waals surface area contributed by atoms with Crippen molar-refractivity contribution in [1.82, 2.24) is 9.97 Å².